The van der Waals surface area contributed by atoms with E-state index in [0.29, 0.717) is 0 Å². The average molecular weight is 144 g/mol. The van der Waals surface area contributed by atoms with Gasteiger partial charge in [-0.15, -0.1) is 12.6 Å². The molecule has 0 bridgehead atoms. The highest BCUT2D eigenvalue weighted by molar-refractivity contribution is 7.80. The number of carbonyl (C=O) groups is 1. The van der Waals surface area contributed by atoms with Crippen LogP contribution in [0.2, 0.25) is 0 Å². The van der Waals surface area contributed by atoms with Crippen LogP contribution in [-0.2, 0) is 4.79 Å². The van der Waals surface area contributed by atoms with Crippen LogP contribution in [-0.4, -0.2) is 23.4 Å². The molecule has 0 saturated heterocycles. The number of rotatable bonds is 0. The highest BCUT2D eigenvalue weighted by Crippen LogP contribution is 2.01. The molecule has 1 amide bonds. The predicted octanol–water partition coefficient (Wildman–Crippen LogP) is -0.225. The van der Waals surface area contributed by atoms with E-state index in [1.54, 1.807) is 11.1 Å². The zero-order valence-electron chi connectivity index (χ0n) is 5.03. The van der Waals surface area contributed by atoms with Gasteiger partial charge in [0.2, 0.25) is 5.91 Å². The van der Waals surface area contributed by atoms with Crippen LogP contribution in [0.25, 0.3) is 0 Å². The normalized spacial score (nSPS) is 26.2. The largest absolute Gasteiger partial charge is 0.352 e. The maximum Gasteiger partial charge on any atom is 0.247 e. The first-order chi connectivity index (χ1) is 4.20. The smallest absolute Gasteiger partial charge is 0.247 e. The molecule has 1 unspecified atom stereocenters. The van der Waals surface area contributed by atoms with Crippen LogP contribution in [0, 0.1) is 0 Å². The molecule has 50 valence electrons. The summed E-state index contributed by atoms with van der Waals surface area (Å²) in [6.07, 6.45) is 3.16. The fourth-order valence-electron chi connectivity index (χ4n) is 0.544. The first-order valence-corrected chi connectivity index (χ1v) is 3.10. The monoisotopic (exact) mass is 144 g/mol. The standard InChI is InChI=1S/C5H8N2OS/c1-7-3-2-4(8)6-5(7)9/h2-3,5,9H,1H3,(H,6,8). The van der Waals surface area contributed by atoms with Gasteiger partial charge < -0.3 is 10.2 Å². The number of thiol groups is 1. The van der Waals surface area contributed by atoms with Gasteiger partial charge >= 0.3 is 0 Å². The topological polar surface area (TPSA) is 32.3 Å². The lowest BCUT2D eigenvalue weighted by Gasteiger charge is -2.25. The molecule has 0 aromatic heterocycles. The van der Waals surface area contributed by atoms with Crippen molar-refractivity contribution in [2.45, 2.75) is 5.50 Å². The van der Waals surface area contributed by atoms with Gasteiger partial charge in [-0.25, -0.2) is 0 Å². The van der Waals surface area contributed by atoms with Crippen LogP contribution in [0.3, 0.4) is 0 Å². The zero-order chi connectivity index (χ0) is 6.85. The van der Waals surface area contributed by atoms with E-state index in [4.69, 9.17) is 0 Å². The molecule has 0 saturated carbocycles. The summed E-state index contributed by atoms with van der Waals surface area (Å²) in [6.45, 7) is 0. The second kappa shape index (κ2) is 2.31. The summed E-state index contributed by atoms with van der Waals surface area (Å²) in [5.41, 5.74) is -0.178. The lowest BCUT2D eigenvalue weighted by Crippen LogP contribution is -2.42. The summed E-state index contributed by atoms with van der Waals surface area (Å²) in [7, 11) is 1.84. The molecule has 4 heteroatoms. The summed E-state index contributed by atoms with van der Waals surface area (Å²) in [4.78, 5) is 12.3. The third kappa shape index (κ3) is 1.38. The number of nitrogens with one attached hydrogen (secondary N) is 1. The van der Waals surface area contributed by atoms with E-state index < -0.39 is 0 Å². The second-order valence-electron chi connectivity index (χ2n) is 1.86. The number of hydrogen-bond donors (Lipinski definition) is 2. The first kappa shape index (κ1) is 6.48. The Morgan fingerprint density at radius 3 is 3.00 bits per heavy atom. The molecule has 0 aromatic rings. The summed E-state index contributed by atoms with van der Waals surface area (Å²) < 4.78 is 0. The Kier molecular flexibility index (Phi) is 1.66. The summed E-state index contributed by atoms with van der Waals surface area (Å²) >= 11 is 4.06. The number of hydrogen-bond acceptors (Lipinski definition) is 3. The summed E-state index contributed by atoms with van der Waals surface area (Å²) in [6, 6.07) is 0. The third-order valence-corrected chi connectivity index (χ3v) is 1.61. The Labute approximate surface area is 59.1 Å². The molecule has 0 spiro atoms. The Hall–Kier alpha value is -0.640. The molecule has 0 fully saturated rings. The molecule has 1 aliphatic heterocycles. The maximum absolute atomic E-state index is 10.5. The van der Waals surface area contributed by atoms with E-state index >= 15 is 0 Å². The molecule has 1 rings (SSSR count). The van der Waals surface area contributed by atoms with Gasteiger partial charge in [-0.2, -0.15) is 0 Å². The Balaban J connectivity index is 2.65. The minimum atomic E-state index is -0.178. The third-order valence-electron chi connectivity index (χ3n) is 1.12. The molecule has 9 heavy (non-hydrogen) atoms. The van der Waals surface area contributed by atoms with E-state index in [9.17, 15) is 4.79 Å². The van der Waals surface area contributed by atoms with E-state index in [2.05, 4.69) is 17.9 Å². The van der Waals surface area contributed by atoms with Crippen LogP contribution >= 0.6 is 12.6 Å². The molecule has 3 nitrogen and oxygen atoms in total. The van der Waals surface area contributed by atoms with Crippen LogP contribution in [0.5, 0.6) is 0 Å². The Morgan fingerprint density at radius 2 is 2.56 bits per heavy atom. The van der Waals surface area contributed by atoms with Crippen molar-refractivity contribution < 1.29 is 4.79 Å². The molecule has 1 aliphatic rings. The van der Waals surface area contributed by atoms with Crippen molar-refractivity contribution in [1.82, 2.24) is 10.2 Å². The highest BCUT2D eigenvalue weighted by Gasteiger charge is 2.12. The zero-order valence-corrected chi connectivity index (χ0v) is 5.93. The van der Waals surface area contributed by atoms with Crippen molar-refractivity contribution in [1.29, 1.82) is 0 Å². The molecule has 0 aliphatic carbocycles. The van der Waals surface area contributed by atoms with Gasteiger partial charge in [0.1, 0.15) is 5.50 Å². The van der Waals surface area contributed by atoms with Gasteiger partial charge in [-0.3, -0.25) is 4.79 Å². The number of amides is 1. The number of nitrogens with zero attached hydrogens (tertiary/aromatic N) is 1. The Morgan fingerprint density at radius 1 is 1.89 bits per heavy atom. The highest BCUT2D eigenvalue weighted by atomic mass is 32.1. The van der Waals surface area contributed by atoms with Crippen molar-refractivity contribution in [2.24, 2.45) is 0 Å². The van der Waals surface area contributed by atoms with E-state index in [-0.39, 0.29) is 11.4 Å². The van der Waals surface area contributed by atoms with Crippen molar-refractivity contribution >= 4 is 18.5 Å². The van der Waals surface area contributed by atoms with E-state index in [1.165, 1.54) is 6.08 Å². The molecule has 1 atom stereocenters. The van der Waals surface area contributed by atoms with Gasteiger partial charge in [0, 0.05) is 19.3 Å². The van der Waals surface area contributed by atoms with Crippen molar-refractivity contribution in [3.63, 3.8) is 0 Å². The Bertz CT molecular complexity index is 157. The van der Waals surface area contributed by atoms with Crippen LogP contribution in [0.1, 0.15) is 0 Å². The first-order valence-electron chi connectivity index (χ1n) is 2.59. The second-order valence-corrected chi connectivity index (χ2v) is 2.35. The van der Waals surface area contributed by atoms with Crippen molar-refractivity contribution in [2.75, 3.05) is 7.05 Å². The van der Waals surface area contributed by atoms with Gasteiger partial charge in [0.15, 0.2) is 0 Å². The van der Waals surface area contributed by atoms with E-state index in [1.807, 2.05) is 7.05 Å². The molecular weight excluding hydrogens is 136 g/mol. The minimum absolute atomic E-state index is 0.0897. The fourth-order valence-corrected chi connectivity index (χ4v) is 0.748. The maximum atomic E-state index is 10.5. The van der Waals surface area contributed by atoms with Gasteiger partial charge in [0.25, 0.3) is 0 Å². The van der Waals surface area contributed by atoms with Crippen molar-refractivity contribution in [3.8, 4) is 0 Å². The lowest BCUT2D eigenvalue weighted by atomic mass is 10.5. The predicted molar refractivity (Wildman–Crippen MR) is 37.8 cm³/mol. The minimum Gasteiger partial charge on any atom is -0.352 e. The van der Waals surface area contributed by atoms with Crippen LogP contribution in [0.15, 0.2) is 12.3 Å². The molecule has 1 N–H and O–H groups in total. The van der Waals surface area contributed by atoms with Crippen LogP contribution in [0.4, 0.5) is 0 Å². The number of carbonyl (C=O) groups excluding carboxylic acids is 1. The lowest BCUT2D eigenvalue weighted by molar-refractivity contribution is -0.117. The van der Waals surface area contributed by atoms with Gasteiger partial charge in [-0.1, -0.05) is 0 Å². The molecule has 1 heterocycles. The SMILES string of the molecule is CN1C=CC(=O)NC1S. The summed E-state index contributed by atoms with van der Waals surface area (Å²) in [5, 5.41) is 2.59. The van der Waals surface area contributed by atoms with E-state index in [0.717, 1.165) is 0 Å². The van der Waals surface area contributed by atoms with Gasteiger partial charge in [-0.05, 0) is 0 Å². The molecule has 0 aromatic carbocycles. The molecular formula is C5H8N2OS. The molecule has 0 radical (unpaired) electrons. The van der Waals surface area contributed by atoms with Crippen LogP contribution < -0.4 is 5.32 Å². The van der Waals surface area contributed by atoms with Gasteiger partial charge in [0.05, 0.1) is 0 Å². The van der Waals surface area contributed by atoms with Crippen molar-refractivity contribution in [3.05, 3.63) is 12.3 Å². The summed E-state index contributed by atoms with van der Waals surface area (Å²) in [5.74, 6) is -0.0897. The average Bonchev–Trinajstić information content (AvgIpc) is 1.80. The quantitative estimate of drug-likeness (QED) is 0.460. The fraction of sp³-hybridized carbons (Fsp3) is 0.400.